The number of aliphatic hydroxyl groups is 1. The number of halogens is 2. The van der Waals surface area contributed by atoms with E-state index in [0.29, 0.717) is 18.4 Å². The molecule has 208 valence electrons. The molecule has 3 aliphatic rings. The molecule has 2 atom stereocenters. The molecule has 2 saturated carbocycles. The number of aromatic amines is 1. The standard InChI is InChI=1S/C29H32F2N2O5S/c1-18-8-9-24(19-6-4-3-5-7-19)39(36,37)33(18)15-20-12-23(31)21(13-22(20)30)28(25-14-32-26(34)38-25)16-29(35,17-28)27(2)10-11-27/h3-7,12-14,18,24,35H,8-11,15-17H2,1-2H3,(H,32,34)/t18-,24-,28?,29?/m0/s1. The van der Waals surface area contributed by atoms with E-state index < -0.39 is 43.7 Å². The van der Waals surface area contributed by atoms with Crippen LogP contribution in [0.2, 0.25) is 0 Å². The van der Waals surface area contributed by atoms with Crippen LogP contribution < -0.4 is 5.76 Å². The summed E-state index contributed by atoms with van der Waals surface area (Å²) >= 11 is 0. The summed E-state index contributed by atoms with van der Waals surface area (Å²) in [5, 5.41) is 10.5. The largest absolute Gasteiger partial charge is 0.416 e. The molecule has 3 fully saturated rings. The lowest BCUT2D eigenvalue weighted by molar-refractivity contribution is -0.132. The quantitative estimate of drug-likeness (QED) is 0.447. The minimum atomic E-state index is -3.83. The number of sulfonamides is 1. The SMILES string of the molecule is C[C@H]1CC[C@@H](c2ccccc2)S(=O)(=O)N1Cc1cc(F)c(C2(c3c[nH]c(=O)o3)CC(O)(C3(C)CC3)C2)cc1F. The second kappa shape index (κ2) is 8.84. The number of hydrogen-bond donors (Lipinski definition) is 2. The van der Waals surface area contributed by atoms with Gasteiger partial charge in [-0.15, -0.1) is 0 Å². The second-order valence-electron chi connectivity index (χ2n) is 11.9. The van der Waals surface area contributed by atoms with Gasteiger partial charge in [0.05, 0.1) is 11.0 Å². The molecule has 0 unspecified atom stereocenters. The number of oxazole rings is 1. The Kier molecular flexibility index (Phi) is 5.99. The predicted octanol–water partition coefficient (Wildman–Crippen LogP) is 4.91. The van der Waals surface area contributed by atoms with Gasteiger partial charge in [0.2, 0.25) is 10.0 Å². The highest BCUT2D eigenvalue weighted by atomic mass is 32.2. The lowest BCUT2D eigenvalue weighted by atomic mass is 9.51. The van der Waals surface area contributed by atoms with Crippen LogP contribution in [-0.2, 0) is 22.0 Å². The summed E-state index contributed by atoms with van der Waals surface area (Å²) in [7, 11) is -3.83. The summed E-state index contributed by atoms with van der Waals surface area (Å²) in [6.07, 6.45) is 4.22. The fourth-order valence-electron chi connectivity index (χ4n) is 6.64. The molecule has 2 aromatic carbocycles. The van der Waals surface area contributed by atoms with Gasteiger partial charge >= 0.3 is 5.76 Å². The van der Waals surface area contributed by atoms with Crippen molar-refractivity contribution in [3.05, 3.63) is 93.3 Å². The molecule has 0 radical (unpaired) electrons. The monoisotopic (exact) mass is 558 g/mol. The normalized spacial score (nSPS) is 31.5. The molecule has 0 spiro atoms. The van der Waals surface area contributed by atoms with Crippen molar-refractivity contribution in [1.82, 2.24) is 9.29 Å². The molecule has 0 bridgehead atoms. The van der Waals surface area contributed by atoms with Crippen LogP contribution in [0.1, 0.15) is 80.1 Å². The maximum Gasteiger partial charge on any atom is 0.416 e. The molecule has 2 N–H and O–H groups in total. The van der Waals surface area contributed by atoms with Gasteiger partial charge in [0, 0.05) is 29.9 Å². The molecule has 2 heterocycles. The maximum absolute atomic E-state index is 15.8. The summed E-state index contributed by atoms with van der Waals surface area (Å²) in [4.78, 5) is 14.2. The molecule has 2 aliphatic carbocycles. The first kappa shape index (κ1) is 26.4. The van der Waals surface area contributed by atoms with Crippen molar-refractivity contribution in [3.8, 4) is 0 Å². The summed E-state index contributed by atoms with van der Waals surface area (Å²) in [6, 6.07) is 10.7. The highest BCUT2D eigenvalue weighted by Crippen LogP contribution is 2.68. The lowest BCUT2D eigenvalue weighted by Gasteiger charge is -2.55. The molecule has 1 aromatic heterocycles. The Morgan fingerprint density at radius 3 is 2.41 bits per heavy atom. The minimum absolute atomic E-state index is 0.0165. The van der Waals surface area contributed by atoms with E-state index in [4.69, 9.17) is 4.42 Å². The predicted molar refractivity (Wildman–Crippen MR) is 140 cm³/mol. The highest BCUT2D eigenvalue weighted by molar-refractivity contribution is 7.89. The number of nitrogens with zero attached hydrogens (tertiary/aromatic N) is 1. The Labute approximate surface area is 225 Å². The van der Waals surface area contributed by atoms with Crippen LogP contribution in [0.4, 0.5) is 8.78 Å². The topological polar surface area (TPSA) is 104 Å². The van der Waals surface area contributed by atoms with Crippen molar-refractivity contribution in [3.63, 3.8) is 0 Å². The van der Waals surface area contributed by atoms with E-state index in [9.17, 15) is 18.3 Å². The number of aromatic nitrogens is 1. The van der Waals surface area contributed by atoms with E-state index in [0.717, 1.165) is 25.0 Å². The zero-order valence-corrected chi connectivity index (χ0v) is 22.7. The van der Waals surface area contributed by atoms with E-state index in [1.54, 1.807) is 31.2 Å². The average molecular weight is 559 g/mol. The van der Waals surface area contributed by atoms with Gasteiger partial charge in [0.25, 0.3) is 0 Å². The second-order valence-corrected chi connectivity index (χ2v) is 14.0. The first-order chi connectivity index (χ1) is 18.4. The molecular formula is C29H32F2N2O5S. The third-order valence-electron chi connectivity index (χ3n) is 9.48. The Hall–Kier alpha value is -2.82. The van der Waals surface area contributed by atoms with Crippen LogP contribution in [0.3, 0.4) is 0 Å². The number of H-pyrrole nitrogens is 1. The molecule has 7 nitrogen and oxygen atoms in total. The summed E-state index contributed by atoms with van der Waals surface area (Å²) in [6.45, 7) is 3.44. The van der Waals surface area contributed by atoms with Gasteiger partial charge in [-0.25, -0.2) is 22.0 Å². The zero-order chi connectivity index (χ0) is 27.8. The molecule has 6 rings (SSSR count). The first-order valence-electron chi connectivity index (χ1n) is 13.3. The van der Waals surface area contributed by atoms with E-state index in [1.807, 2.05) is 13.0 Å². The van der Waals surface area contributed by atoms with Crippen LogP contribution in [0.5, 0.6) is 0 Å². The van der Waals surface area contributed by atoms with Crippen LogP contribution in [0.15, 0.2) is 57.9 Å². The molecular weight excluding hydrogens is 526 g/mol. The molecule has 10 heteroatoms. The Bertz CT molecular complexity index is 1570. The Morgan fingerprint density at radius 1 is 1.10 bits per heavy atom. The van der Waals surface area contributed by atoms with Crippen molar-refractivity contribution in [2.24, 2.45) is 5.41 Å². The van der Waals surface area contributed by atoms with E-state index in [-0.39, 0.29) is 47.7 Å². The molecule has 0 amide bonds. The summed E-state index contributed by atoms with van der Waals surface area (Å²) < 4.78 is 65.3. The third-order valence-corrected chi connectivity index (χ3v) is 11.9. The molecule has 39 heavy (non-hydrogen) atoms. The van der Waals surface area contributed by atoms with Gasteiger partial charge in [-0.3, -0.25) is 4.98 Å². The Morgan fingerprint density at radius 2 is 1.79 bits per heavy atom. The van der Waals surface area contributed by atoms with E-state index >= 15 is 8.78 Å². The van der Waals surface area contributed by atoms with Gasteiger partial charge in [0.15, 0.2) is 0 Å². The van der Waals surface area contributed by atoms with E-state index in [2.05, 4.69) is 4.98 Å². The fourth-order valence-corrected chi connectivity index (χ4v) is 8.83. The van der Waals surface area contributed by atoms with Gasteiger partial charge < -0.3 is 9.52 Å². The van der Waals surface area contributed by atoms with Crippen molar-refractivity contribution < 1.29 is 26.7 Å². The van der Waals surface area contributed by atoms with Gasteiger partial charge in [-0.05, 0) is 68.6 Å². The smallest absolute Gasteiger partial charge is 0.412 e. The number of hydrogen-bond acceptors (Lipinski definition) is 5. The van der Waals surface area contributed by atoms with E-state index in [1.165, 1.54) is 10.5 Å². The molecule has 3 aromatic rings. The van der Waals surface area contributed by atoms with Gasteiger partial charge in [-0.1, -0.05) is 37.3 Å². The summed E-state index contributed by atoms with van der Waals surface area (Å²) in [5.41, 5.74) is -2.03. The number of rotatable bonds is 6. The summed E-state index contributed by atoms with van der Waals surface area (Å²) in [5.74, 6) is -2.06. The Balaban J connectivity index is 1.34. The van der Waals surface area contributed by atoms with Crippen molar-refractivity contribution in [1.29, 1.82) is 0 Å². The van der Waals surface area contributed by atoms with Gasteiger partial charge in [-0.2, -0.15) is 4.31 Å². The van der Waals surface area contributed by atoms with Crippen molar-refractivity contribution in [2.45, 2.75) is 81.2 Å². The van der Waals surface area contributed by atoms with Crippen molar-refractivity contribution >= 4 is 10.0 Å². The molecule has 1 saturated heterocycles. The average Bonchev–Trinajstić information content (AvgIpc) is 3.48. The van der Waals surface area contributed by atoms with Gasteiger partial charge in [0.1, 0.15) is 22.6 Å². The van der Waals surface area contributed by atoms with Crippen LogP contribution >= 0.6 is 0 Å². The number of nitrogens with one attached hydrogen (secondary N) is 1. The molecule has 1 aliphatic heterocycles. The first-order valence-corrected chi connectivity index (χ1v) is 14.8. The number of benzene rings is 2. The lowest BCUT2D eigenvalue weighted by Crippen LogP contribution is -2.59. The van der Waals surface area contributed by atoms with Crippen LogP contribution in [0, 0.1) is 17.0 Å². The fraction of sp³-hybridized carbons (Fsp3) is 0.483. The maximum atomic E-state index is 15.8. The highest BCUT2D eigenvalue weighted by Gasteiger charge is 2.68. The van der Waals surface area contributed by atoms with Crippen LogP contribution in [0.25, 0.3) is 0 Å². The van der Waals surface area contributed by atoms with Crippen molar-refractivity contribution in [2.75, 3.05) is 0 Å². The third kappa shape index (κ3) is 4.10. The minimum Gasteiger partial charge on any atom is -0.412 e. The van der Waals surface area contributed by atoms with Crippen LogP contribution in [-0.4, -0.2) is 34.5 Å². The zero-order valence-electron chi connectivity index (χ0n) is 21.9.